The number of aliphatic carboxylic acids is 1. The van der Waals surface area contributed by atoms with Crippen LogP contribution in [0.4, 0.5) is 0 Å². The first-order valence-electron chi connectivity index (χ1n) is 8.00. The number of aromatic hydroxyl groups is 1. The van der Waals surface area contributed by atoms with Crippen LogP contribution in [0.3, 0.4) is 0 Å². The molecule has 8 nitrogen and oxygen atoms in total. The van der Waals surface area contributed by atoms with Crippen molar-refractivity contribution in [1.82, 2.24) is 5.32 Å². The van der Waals surface area contributed by atoms with Gasteiger partial charge in [0.15, 0.2) is 5.56 Å². The number of rotatable bonds is 5. The molecule has 8 heteroatoms. The number of hydrogen-bond acceptors (Lipinski definition) is 6. The number of nitrogens with two attached hydrogens (primary N) is 1. The number of fused-ring (bicyclic) bond motifs is 1. The molecule has 3 aromatic rings. The highest BCUT2D eigenvalue weighted by molar-refractivity contribution is 6.04. The molecule has 138 valence electrons. The average molecular weight is 368 g/mol. The molecule has 0 spiro atoms. The second kappa shape index (κ2) is 7.30. The first kappa shape index (κ1) is 18.2. The maximum absolute atomic E-state index is 12.3. The molecule has 0 atom stereocenters. The number of carboxylic acid groups (broad SMARTS) is 1. The molecule has 1 aromatic heterocycles. The fraction of sp³-hybridized carbons (Fsp3) is 0.105. The van der Waals surface area contributed by atoms with Gasteiger partial charge >= 0.3 is 11.6 Å². The smallest absolute Gasteiger partial charge is 0.353 e. The van der Waals surface area contributed by atoms with Crippen molar-refractivity contribution in [2.75, 3.05) is 6.54 Å². The van der Waals surface area contributed by atoms with Crippen molar-refractivity contribution in [2.45, 2.75) is 6.54 Å². The van der Waals surface area contributed by atoms with Gasteiger partial charge < -0.3 is 25.7 Å². The van der Waals surface area contributed by atoms with Crippen molar-refractivity contribution in [1.29, 1.82) is 0 Å². The second-order valence-electron chi connectivity index (χ2n) is 5.77. The van der Waals surface area contributed by atoms with Crippen LogP contribution in [0.25, 0.3) is 22.1 Å². The Morgan fingerprint density at radius 2 is 1.81 bits per heavy atom. The number of carboxylic acids is 1. The van der Waals surface area contributed by atoms with Gasteiger partial charge in [0.2, 0.25) is 0 Å². The summed E-state index contributed by atoms with van der Waals surface area (Å²) in [6.07, 6.45) is 0. The van der Waals surface area contributed by atoms with E-state index < -0.39 is 35.4 Å². The minimum absolute atomic E-state index is 0.121. The molecule has 0 unspecified atom stereocenters. The van der Waals surface area contributed by atoms with Crippen LogP contribution in [0.15, 0.2) is 51.7 Å². The van der Waals surface area contributed by atoms with Gasteiger partial charge in [-0.1, -0.05) is 36.4 Å². The van der Waals surface area contributed by atoms with Crippen molar-refractivity contribution in [3.05, 3.63) is 64.0 Å². The number of para-hydroxylation sites is 1. The van der Waals surface area contributed by atoms with Gasteiger partial charge in [-0.3, -0.25) is 9.59 Å². The van der Waals surface area contributed by atoms with E-state index in [0.29, 0.717) is 12.1 Å². The predicted molar refractivity (Wildman–Crippen MR) is 97.4 cm³/mol. The van der Waals surface area contributed by atoms with Gasteiger partial charge in [0.25, 0.3) is 5.91 Å². The average Bonchev–Trinajstić information content (AvgIpc) is 2.66. The monoisotopic (exact) mass is 368 g/mol. The zero-order valence-electron chi connectivity index (χ0n) is 14.1. The van der Waals surface area contributed by atoms with Gasteiger partial charge in [0.05, 0.1) is 5.39 Å². The summed E-state index contributed by atoms with van der Waals surface area (Å²) in [5, 5.41) is 21.3. The van der Waals surface area contributed by atoms with E-state index in [2.05, 4.69) is 0 Å². The molecule has 3 rings (SSSR count). The molecule has 1 heterocycles. The van der Waals surface area contributed by atoms with E-state index in [9.17, 15) is 19.5 Å². The molecule has 0 aliphatic carbocycles. The number of hydrogen-bond donors (Lipinski definition) is 4. The molecule has 0 fully saturated rings. The standard InChI is InChI=1S/C19H16N2O6/c20-8-10-4-6-11(7-5-10)12-2-1-3-13-16(24)15(19(26)27-17(12)13)18(25)21-9-14(22)23/h1-7,24H,8-9,20H2,(H,21,25)(H,22,23). The van der Waals surface area contributed by atoms with Crippen LogP contribution in [0.1, 0.15) is 15.9 Å². The van der Waals surface area contributed by atoms with Crippen molar-refractivity contribution >= 4 is 22.8 Å². The van der Waals surface area contributed by atoms with Gasteiger partial charge in [0, 0.05) is 12.1 Å². The normalized spacial score (nSPS) is 10.7. The number of nitrogens with one attached hydrogen (secondary N) is 1. The molecular weight excluding hydrogens is 352 g/mol. The largest absolute Gasteiger partial charge is 0.506 e. The zero-order valence-corrected chi connectivity index (χ0v) is 14.1. The first-order chi connectivity index (χ1) is 12.9. The van der Waals surface area contributed by atoms with Crippen LogP contribution >= 0.6 is 0 Å². The Hall–Kier alpha value is -3.65. The maximum atomic E-state index is 12.3. The third kappa shape index (κ3) is 3.51. The van der Waals surface area contributed by atoms with E-state index in [0.717, 1.165) is 11.1 Å². The van der Waals surface area contributed by atoms with Crippen molar-refractivity contribution in [3.8, 4) is 16.9 Å². The molecule has 0 saturated carbocycles. The molecule has 0 bridgehead atoms. The molecule has 0 aliphatic heterocycles. The Kier molecular flexibility index (Phi) is 4.91. The summed E-state index contributed by atoms with van der Waals surface area (Å²) in [7, 11) is 0. The fourth-order valence-electron chi connectivity index (χ4n) is 2.70. The van der Waals surface area contributed by atoms with Crippen LogP contribution in [0.2, 0.25) is 0 Å². The Bertz CT molecular complexity index is 1090. The van der Waals surface area contributed by atoms with Crippen molar-refractivity contribution < 1.29 is 24.2 Å². The van der Waals surface area contributed by atoms with E-state index in [4.69, 9.17) is 15.3 Å². The van der Waals surface area contributed by atoms with Crippen LogP contribution in [-0.2, 0) is 11.3 Å². The Balaban J connectivity index is 2.13. The van der Waals surface area contributed by atoms with E-state index in [-0.39, 0.29) is 11.0 Å². The minimum atomic E-state index is -1.28. The molecule has 5 N–H and O–H groups in total. The zero-order chi connectivity index (χ0) is 19.6. The van der Waals surface area contributed by atoms with Crippen molar-refractivity contribution in [2.24, 2.45) is 5.73 Å². The molecule has 0 saturated heterocycles. The first-order valence-corrected chi connectivity index (χ1v) is 8.00. The summed E-state index contributed by atoms with van der Waals surface area (Å²) in [6, 6.07) is 12.1. The number of benzene rings is 2. The van der Waals surface area contributed by atoms with E-state index >= 15 is 0 Å². The van der Waals surface area contributed by atoms with Gasteiger partial charge in [-0.2, -0.15) is 0 Å². The molecule has 1 amide bonds. The van der Waals surface area contributed by atoms with E-state index in [1.807, 2.05) is 29.6 Å². The van der Waals surface area contributed by atoms with Crippen LogP contribution in [0, 0.1) is 0 Å². The van der Waals surface area contributed by atoms with Gasteiger partial charge in [-0.05, 0) is 17.2 Å². The lowest BCUT2D eigenvalue weighted by molar-refractivity contribution is -0.135. The lowest BCUT2D eigenvalue weighted by Crippen LogP contribution is -2.32. The van der Waals surface area contributed by atoms with Crippen LogP contribution < -0.4 is 16.7 Å². The summed E-state index contributed by atoms with van der Waals surface area (Å²) in [6.45, 7) is -0.302. The highest BCUT2D eigenvalue weighted by Crippen LogP contribution is 2.33. The topological polar surface area (TPSA) is 143 Å². The highest BCUT2D eigenvalue weighted by Gasteiger charge is 2.22. The number of carbonyl (C=O) groups is 2. The SMILES string of the molecule is NCc1ccc(-c2cccc3c(O)c(C(=O)NCC(=O)O)c(=O)oc23)cc1. The summed E-state index contributed by atoms with van der Waals surface area (Å²) >= 11 is 0. The molecular formula is C19H16N2O6. The fourth-order valence-corrected chi connectivity index (χ4v) is 2.70. The Morgan fingerprint density at radius 3 is 2.44 bits per heavy atom. The minimum Gasteiger partial charge on any atom is -0.506 e. The summed E-state index contributed by atoms with van der Waals surface area (Å²) in [4.78, 5) is 34.9. The third-order valence-electron chi connectivity index (χ3n) is 4.03. The Labute approximate surface area is 152 Å². The Morgan fingerprint density at radius 1 is 1.11 bits per heavy atom. The van der Waals surface area contributed by atoms with Gasteiger partial charge in [0.1, 0.15) is 17.9 Å². The molecule has 0 radical (unpaired) electrons. The summed E-state index contributed by atoms with van der Waals surface area (Å²) in [5.74, 6) is -2.87. The maximum Gasteiger partial charge on any atom is 0.353 e. The third-order valence-corrected chi connectivity index (χ3v) is 4.03. The lowest BCUT2D eigenvalue weighted by atomic mass is 10.0. The highest BCUT2D eigenvalue weighted by atomic mass is 16.4. The quantitative estimate of drug-likeness (QED) is 0.499. The number of amides is 1. The lowest BCUT2D eigenvalue weighted by Gasteiger charge is -2.10. The van der Waals surface area contributed by atoms with Gasteiger partial charge in [-0.25, -0.2) is 4.79 Å². The molecule has 27 heavy (non-hydrogen) atoms. The molecule has 0 aliphatic rings. The number of carbonyl (C=O) groups excluding carboxylic acids is 1. The van der Waals surface area contributed by atoms with Crippen molar-refractivity contribution in [3.63, 3.8) is 0 Å². The van der Waals surface area contributed by atoms with E-state index in [1.165, 1.54) is 6.07 Å². The van der Waals surface area contributed by atoms with E-state index in [1.54, 1.807) is 12.1 Å². The van der Waals surface area contributed by atoms with Gasteiger partial charge in [-0.15, -0.1) is 0 Å². The summed E-state index contributed by atoms with van der Waals surface area (Å²) in [5.41, 5.74) is 6.24. The molecule has 2 aromatic carbocycles. The van der Waals surface area contributed by atoms with Crippen LogP contribution in [0.5, 0.6) is 5.75 Å². The predicted octanol–water partition coefficient (Wildman–Crippen LogP) is 1.44. The second-order valence-corrected chi connectivity index (χ2v) is 5.77. The van der Waals surface area contributed by atoms with Crippen LogP contribution in [-0.4, -0.2) is 28.6 Å². The summed E-state index contributed by atoms with van der Waals surface area (Å²) < 4.78 is 5.30.